The molecule has 2 aromatic carbocycles. The highest BCUT2D eigenvalue weighted by molar-refractivity contribution is 7.22. The lowest BCUT2D eigenvalue weighted by Crippen LogP contribution is -2.39. The lowest BCUT2D eigenvalue weighted by molar-refractivity contribution is -0.120. The van der Waals surface area contributed by atoms with Crippen LogP contribution in [0.3, 0.4) is 0 Å². The molecule has 0 aliphatic heterocycles. The van der Waals surface area contributed by atoms with E-state index in [9.17, 15) is 4.79 Å². The number of fused-ring (bicyclic) bond motifs is 1. The highest BCUT2D eigenvalue weighted by Crippen LogP contribution is 2.40. The molecule has 9 heteroatoms. The van der Waals surface area contributed by atoms with Crippen LogP contribution >= 0.6 is 11.3 Å². The van der Waals surface area contributed by atoms with E-state index in [1.165, 1.54) is 11.3 Å². The first-order chi connectivity index (χ1) is 15.0. The van der Waals surface area contributed by atoms with E-state index in [1.807, 2.05) is 31.1 Å². The smallest absolute Gasteiger partial charge is 0.266 e. The molecule has 1 aromatic heterocycles. The van der Waals surface area contributed by atoms with E-state index < -0.39 is 0 Å². The largest absolute Gasteiger partial charge is 0.497 e. The van der Waals surface area contributed by atoms with E-state index in [0.29, 0.717) is 41.0 Å². The molecule has 0 unspecified atom stereocenters. The summed E-state index contributed by atoms with van der Waals surface area (Å²) < 4.78 is 22.6. The van der Waals surface area contributed by atoms with Gasteiger partial charge in [-0.05, 0) is 50.5 Å². The van der Waals surface area contributed by atoms with Gasteiger partial charge in [-0.2, -0.15) is 0 Å². The van der Waals surface area contributed by atoms with Crippen molar-refractivity contribution < 1.29 is 23.7 Å². The van der Waals surface area contributed by atoms with Crippen LogP contribution in [0.5, 0.6) is 23.0 Å². The molecule has 0 bridgehead atoms. The standard InChI is InChI=1S/C22H27N3O5S/c1-24(2)12-13-25(19(26)14-30-16-8-6-15(27-3)7-9-16)22-23-20-17(28-4)10-11-18(29-5)21(20)31-22/h6-11H,12-14H2,1-5H3. The molecular formula is C22H27N3O5S. The van der Waals surface area contributed by atoms with Crippen molar-refractivity contribution in [2.75, 3.05) is 60.0 Å². The number of anilines is 1. The second-order valence-corrected chi connectivity index (χ2v) is 7.93. The maximum Gasteiger partial charge on any atom is 0.266 e. The number of thiazole rings is 1. The average Bonchev–Trinajstić information content (AvgIpc) is 3.22. The SMILES string of the molecule is COc1ccc(OCC(=O)N(CCN(C)C)c2nc3c(OC)ccc(OC)c3s2)cc1. The van der Waals surface area contributed by atoms with Crippen LogP contribution in [0.15, 0.2) is 36.4 Å². The molecule has 0 saturated carbocycles. The Balaban J connectivity index is 1.86. The Morgan fingerprint density at radius 3 is 2.16 bits per heavy atom. The van der Waals surface area contributed by atoms with Gasteiger partial charge in [-0.15, -0.1) is 0 Å². The minimum atomic E-state index is -0.186. The molecule has 0 N–H and O–H groups in total. The zero-order valence-electron chi connectivity index (χ0n) is 18.4. The van der Waals surface area contributed by atoms with Gasteiger partial charge in [-0.1, -0.05) is 11.3 Å². The molecular weight excluding hydrogens is 418 g/mol. The fourth-order valence-corrected chi connectivity index (χ4v) is 4.03. The van der Waals surface area contributed by atoms with Crippen molar-refractivity contribution in [1.29, 1.82) is 0 Å². The van der Waals surface area contributed by atoms with Gasteiger partial charge in [0.1, 0.15) is 33.2 Å². The molecule has 1 heterocycles. The lowest BCUT2D eigenvalue weighted by atomic mass is 10.3. The number of benzene rings is 2. The van der Waals surface area contributed by atoms with E-state index in [2.05, 4.69) is 0 Å². The van der Waals surface area contributed by atoms with Gasteiger partial charge < -0.3 is 23.8 Å². The number of aromatic nitrogens is 1. The first-order valence-corrected chi connectivity index (χ1v) is 10.5. The Kier molecular flexibility index (Phi) is 7.54. The van der Waals surface area contributed by atoms with Crippen molar-refractivity contribution in [3.05, 3.63) is 36.4 Å². The monoisotopic (exact) mass is 445 g/mol. The molecule has 0 saturated heterocycles. The molecule has 166 valence electrons. The fraction of sp³-hybridized carbons (Fsp3) is 0.364. The Hall–Kier alpha value is -3.04. The van der Waals surface area contributed by atoms with Gasteiger partial charge in [0, 0.05) is 13.1 Å². The second-order valence-electron chi connectivity index (χ2n) is 6.96. The van der Waals surface area contributed by atoms with Crippen molar-refractivity contribution in [1.82, 2.24) is 9.88 Å². The van der Waals surface area contributed by atoms with Gasteiger partial charge in [0.05, 0.1) is 21.3 Å². The summed E-state index contributed by atoms with van der Waals surface area (Å²) in [6.07, 6.45) is 0. The topological polar surface area (TPSA) is 73.4 Å². The summed E-state index contributed by atoms with van der Waals surface area (Å²) in [7, 11) is 8.72. The Bertz CT molecular complexity index is 979. The number of amides is 1. The summed E-state index contributed by atoms with van der Waals surface area (Å²) >= 11 is 1.39. The van der Waals surface area contributed by atoms with Gasteiger partial charge in [0.25, 0.3) is 5.91 Å². The Morgan fingerprint density at radius 1 is 0.903 bits per heavy atom. The summed E-state index contributed by atoms with van der Waals surface area (Å²) in [6.45, 7) is 1.05. The quantitative estimate of drug-likeness (QED) is 0.474. The Morgan fingerprint density at radius 2 is 1.55 bits per heavy atom. The van der Waals surface area contributed by atoms with Crippen LogP contribution in [0.2, 0.25) is 0 Å². The molecule has 1 amide bonds. The van der Waals surface area contributed by atoms with Crippen LogP contribution in [0.4, 0.5) is 5.13 Å². The third-order valence-electron chi connectivity index (χ3n) is 4.62. The highest BCUT2D eigenvalue weighted by atomic mass is 32.1. The summed E-state index contributed by atoms with van der Waals surface area (Å²) in [5.74, 6) is 2.45. The van der Waals surface area contributed by atoms with Crippen molar-refractivity contribution in [3.8, 4) is 23.0 Å². The average molecular weight is 446 g/mol. The zero-order chi connectivity index (χ0) is 22.4. The van der Waals surface area contributed by atoms with Crippen LogP contribution in [0.1, 0.15) is 0 Å². The number of likely N-dealkylation sites (N-methyl/N-ethyl adjacent to an activating group) is 1. The van der Waals surface area contributed by atoms with E-state index in [-0.39, 0.29) is 12.5 Å². The number of rotatable bonds is 10. The summed E-state index contributed by atoms with van der Waals surface area (Å²) in [5.41, 5.74) is 0.667. The fourth-order valence-electron chi connectivity index (χ4n) is 2.91. The van der Waals surface area contributed by atoms with Crippen molar-refractivity contribution >= 4 is 32.6 Å². The first-order valence-electron chi connectivity index (χ1n) is 9.70. The number of carbonyl (C=O) groups is 1. The number of carbonyl (C=O) groups excluding carboxylic acids is 1. The van der Waals surface area contributed by atoms with Crippen LogP contribution in [0.25, 0.3) is 10.2 Å². The summed E-state index contributed by atoms with van der Waals surface area (Å²) in [6, 6.07) is 10.8. The van der Waals surface area contributed by atoms with E-state index in [4.69, 9.17) is 23.9 Å². The second kappa shape index (κ2) is 10.3. The number of ether oxygens (including phenoxy) is 4. The molecule has 3 rings (SSSR count). The van der Waals surface area contributed by atoms with Gasteiger partial charge in [-0.25, -0.2) is 4.98 Å². The van der Waals surface area contributed by atoms with Gasteiger partial charge in [0.15, 0.2) is 11.7 Å². The maximum absolute atomic E-state index is 13.1. The zero-order valence-corrected chi connectivity index (χ0v) is 19.2. The van der Waals surface area contributed by atoms with E-state index in [0.717, 1.165) is 10.4 Å². The molecule has 0 aliphatic rings. The van der Waals surface area contributed by atoms with Gasteiger partial charge in [-0.3, -0.25) is 9.69 Å². The lowest BCUT2D eigenvalue weighted by Gasteiger charge is -2.22. The predicted molar refractivity (Wildman–Crippen MR) is 122 cm³/mol. The molecule has 8 nitrogen and oxygen atoms in total. The summed E-state index contributed by atoms with van der Waals surface area (Å²) in [5, 5.41) is 0.572. The van der Waals surface area contributed by atoms with Crippen LogP contribution in [-0.4, -0.2) is 70.9 Å². The number of hydrogen-bond donors (Lipinski definition) is 0. The molecule has 0 fully saturated rings. The maximum atomic E-state index is 13.1. The minimum Gasteiger partial charge on any atom is -0.497 e. The van der Waals surface area contributed by atoms with Crippen molar-refractivity contribution in [2.45, 2.75) is 0 Å². The Labute approximate surface area is 185 Å². The molecule has 31 heavy (non-hydrogen) atoms. The normalized spacial score (nSPS) is 10.9. The summed E-state index contributed by atoms with van der Waals surface area (Å²) in [4.78, 5) is 21.5. The van der Waals surface area contributed by atoms with Crippen LogP contribution in [-0.2, 0) is 4.79 Å². The van der Waals surface area contributed by atoms with Crippen LogP contribution in [0, 0.1) is 0 Å². The number of hydrogen-bond acceptors (Lipinski definition) is 8. The van der Waals surface area contributed by atoms with Gasteiger partial charge >= 0.3 is 0 Å². The van der Waals surface area contributed by atoms with E-state index in [1.54, 1.807) is 50.5 Å². The molecule has 0 atom stereocenters. The highest BCUT2D eigenvalue weighted by Gasteiger charge is 2.23. The molecule has 0 radical (unpaired) electrons. The van der Waals surface area contributed by atoms with Crippen molar-refractivity contribution in [3.63, 3.8) is 0 Å². The van der Waals surface area contributed by atoms with E-state index >= 15 is 0 Å². The third kappa shape index (κ3) is 5.36. The predicted octanol–water partition coefficient (Wildman–Crippen LogP) is 3.30. The van der Waals surface area contributed by atoms with Gasteiger partial charge in [0.2, 0.25) is 0 Å². The van der Waals surface area contributed by atoms with Crippen LogP contribution < -0.4 is 23.8 Å². The third-order valence-corrected chi connectivity index (χ3v) is 5.72. The number of methoxy groups -OCH3 is 3. The molecule has 0 spiro atoms. The minimum absolute atomic E-state index is 0.107. The molecule has 3 aromatic rings. The number of nitrogens with zero attached hydrogens (tertiary/aromatic N) is 3. The first kappa shape index (κ1) is 22.6. The van der Waals surface area contributed by atoms with Crippen molar-refractivity contribution in [2.24, 2.45) is 0 Å². The molecule has 0 aliphatic carbocycles.